The minimum absolute atomic E-state index is 0.0406. The third kappa shape index (κ3) is 5.14. The van der Waals surface area contributed by atoms with Crippen LogP contribution in [0.15, 0.2) is 18.2 Å². The molecular formula is C17H29NO2. The van der Waals surface area contributed by atoms with Crippen molar-refractivity contribution in [3.05, 3.63) is 29.3 Å². The van der Waals surface area contributed by atoms with Crippen LogP contribution < -0.4 is 10.1 Å². The van der Waals surface area contributed by atoms with Crippen LogP contribution in [-0.4, -0.2) is 29.4 Å². The van der Waals surface area contributed by atoms with Crippen molar-refractivity contribution in [2.75, 3.05) is 6.61 Å². The van der Waals surface area contributed by atoms with Crippen molar-refractivity contribution in [3.8, 4) is 5.75 Å². The second-order valence-electron chi connectivity index (χ2n) is 6.42. The van der Waals surface area contributed by atoms with Gasteiger partial charge < -0.3 is 15.2 Å². The number of hydrogen-bond donors (Lipinski definition) is 2. The predicted molar refractivity (Wildman–Crippen MR) is 84.4 cm³/mol. The summed E-state index contributed by atoms with van der Waals surface area (Å²) in [6, 6.07) is 6.57. The highest BCUT2D eigenvalue weighted by Gasteiger charge is 2.27. The van der Waals surface area contributed by atoms with Crippen molar-refractivity contribution in [1.82, 2.24) is 5.32 Å². The van der Waals surface area contributed by atoms with Crippen molar-refractivity contribution < 1.29 is 9.84 Å². The van der Waals surface area contributed by atoms with Crippen molar-refractivity contribution in [2.45, 2.75) is 65.6 Å². The third-order valence-corrected chi connectivity index (χ3v) is 3.40. The van der Waals surface area contributed by atoms with Gasteiger partial charge in [0.1, 0.15) is 5.75 Å². The Hall–Kier alpha value is -1.06. The molecule has 1 rings (SSSR count). The number of nitrogens with one attached hydrogen (secondary N) is 1. The Morgan fingerprint density at radius 1 is 1.25 bits per heavy atom. The van der Waals surface area contributed by atoms with E-state index >= 15 is 0 Å². The lowest BCUT2D eigenvalue weighted by Gasteiger charge is -2.33. The molecule has 1 aromatic rings. The Balaban J connectivity index is 2.70. The quantitative estimate of drug-likeness (QED) is 0.805. The normalized spacial score (nSPS) is 16.0. The average Bonchev–Trinajstić information content (AvgIpc) is 2.32. The molecule has 20 heavy (non-hydrogen) atoms. The van der Waals surface area contributed by atoms with Crippen molar-refractivity contribution in [3.63, 3.8) is 0 Å². The first kappa shape index (κ1) is 17.0. The summed E-state index contributed by atoms with van der Waals surface area (Å²) < 4.78 is 6.05. The molecule has 0 heterocycles. The van der Waals surface area contributed by atoms with Crippen LogP contribution >= 0.6 is 0 Å². The van der Waals surface area contributed by atoms with Crippen LogP contribution in [0.1, 0.15) is 45.2 Å². The van der Waals surface area contributed by atoms with Gasteiger partial charge in [0.2, 0.25) is 0 Å². The van der Waals surface area contributed by atoms with Gasteiger partial charge in [-0.3, -0.25) is 0 Å². The average molecular weight is 279 g/mol. The maximum atomic E-state index is 9.63. The highest BCUT2D eigenvalue weighted by molar-refractivity contribution is 5.36. The van der Waals surface area contributed by atoms with Crippen LogP contribution in [0.5, 0.6) is 5.75 Å². The van der Waals surface area contributed by atoms with E-state index in [1.165, 1.54) is 5.56 Å². The SMILES string of the molecule is Cc1ccc(C)c(OC(C)CC(C)(CO)NC(C)C)c1. The van der Waals surface area contributed by atoms with Crippen LogP contribution in [0.2, 0.25) is 0 Å². The minimum atomic E-state index is -0.314. The molecular weight excluding hydrogens is 250 g/mol. The van der Waals surface area contributed by atoms with Crippen LogP contribution in [-0.2, 0) is 0 Å². The van der Waals surface area contributed by atoms with E-state index in [1.54, 1.807) is 0 Å². The third-order valence-electron chi connectivity index (χ3n) is 3.40. The summed E-state index contributed by atoms with van der Waals surface area (Å²) in [4.78, 5) is 0. The van der Waals surface area contributed by atoms with Gasteiger partial charge in [0.25, 0.3) is 0 Å². The topological polar surface area (TPSA) is 41.5 Å². The predicted octanol–water partition coefficient (Wildman–Crippen LogP) is 3.21. The van der Waals surface area contributed by atoms with Gasteiger partial charge in [0.15, 0.2) is 0 Å². The number of rotatable bonds is 7. The fraction of sp³-hybridized carbons (Fsp3) is 0.647. The molecule has 1 aromatic carbocycles. The van der Waals surface area contributed by atoms with Gasteiger partial charge in [-0.2, -0.15) is 0 Å². The molecule has 0 aliphatic rings. The van der Waals surface area contributed by atoms with Gasteiger partial charge in [-0.25, -0.2) is 0 Å². The fourth-order valence-corrected chi connectivity index (χ4v) is 2.59. The summed E-state index contributed by atoms with van der Waals surface area (Å²) in [5.74, 6) is 0.933. The number of hydrogen-bond acceptors (Lipinski definition) is 3. The van der Waals surface area contributed by atoms with E-state index in [1.807, 2.05) is 6.92 Å². The van der Waals surface area contributed by atoms with Gasteiger partial charge in [-0.1, -0.05) is 26.0 Å². The number of benzene rings is 1. The molecule has 0 aliphatic carbocycles. The maximum Gasteiger partial charge on any atom is 0.122 e. The molecule has 114 valence electrons. The van der Waals surface area contributed by atoms with Crippen LogP contribution in [0.4, 0.5) is 0 Å². The molecule has 2 N–H and O–H groups in total. The molecule has 0 amide bonds. The lowest BCUT2D eigenvalue weighted by molar-refractivity contribution is 0.104. The van der Waals surface area contributed by atoms with E-state index in [-0.39, 0.29) is 18.2 Å². The molecule has 2 atom stereocenters. The fourth-order valence-electron chi connectivity index (χ4n) is 2.59. The second kappa shape index (κ2) is 7.09. The van der Waals surface area contributed by atoms with E-state index < -0.39 is 0 Å². The Morgan fingerprint density at radius 3 is 2.45 bits per heavy atom. The molecule has 0 spiro atoms. The van der Waals surface area contributed by atoms with E-state index in [9.17, 15) is 5.11 Å². The Kier molecular flexibility index (Phi) is 6.03. The zero-order valence-corrected chi connectivity index (χ0v) is 13.7. The van der Waals surface area contributed by atoms with Gasteiger partial charge in [-0.15, -0.1) is 0 Å². The molecule has 0 saturated heterocycles. The number of ether oxygens (including phenoxy) is 1. The smallest absolute Gasteiger partial charge is 0.122 e. The van der Waals surface area contributed by atoms with Crippen LogP contribution in [0.25, 0.3) is 0 Å². The Labute approximate surface area is 123 Å². The lowest BCUT2D eigenvalue weighted by Crippen LogP contribution is -2.51. The Bertz CT molecular complexity index is 431. The first-order valence-corrected chi connectivity index (χ1v) is 7.38. The van der Waals surface area contributed by atoms with E-state index in [4.69, 9.17) is 4.74 Å². The monoisotopic (exact) mass is 279 g/mol. The van der Waals surface area contributed by atoms with Crippen LogP contribution in [0, 0.1) is 13.8 Å². The van der Waals surface area contributed by atoms with E-state index in [0.29, 0.717) is 6.04 Å². The summed E-state index contributed by atoms with van der Waals surface area (Å²) >= 11 is 0. The summed E-state index contributed by atoms with van der Waals surface area (Å²) in [5, 5.41) is 13.0. The zero-order chi connectivity index (χ0) is 15.3. The molecule has 0 aliphatic heterocycles. The molecule has 0 fully saturated rings. The highest BCUT2D eigenvalue weighted by atomic mass is 16.5. The number of aliphatic hydroxyl groups is 1. The molecule has 0 aromatic heterocycles. The highest BCUT2D eigenvalue weighted by Crippen LogP contribution is 2.23. The van der Waals surface area contributed by atoms with Gasteiger partial charge in [-0.05, 0) is 44.9 Å². The van der Waals surface area contributed by atoms with Crippen molar-refractivity contribution >= 4 is 0 Å². The molecule has 0 saturated carbocycles. The van der Waals surface area contributed by atoms with Gasteiger partial charge in [0, 0.05) is 18.0 Å². The number of aliphatic hydroxyl groups excluding tert-OH is 1. The van der Waals surface area contributed by atoms with Crippen molar-refractivity contribution in [1.29, 1.82) is 0 Å². The largest absolute Gasteiger partial charge is 0.490 e. The van der Waals surface area contributed by atoms with E-state index in [2.05, 4.69) is 58.1 Å². The standard InChI is InChI=1S/C17H29NO2/c1-12(2)18-17(6,11-19)10-15(5)20-16-9-13(3)7-8-14(16)4/h7-9,12,15,18-19H,10-11H2,1-6H3. The van der Waals surface area contributed by atoms with Crippen LogP contribution in [0.3, 0.4) is 0 Å². The lowest BCUT2D eigenvalue weighted by atomic mass is 9.94. The van der Waals surface area contributed by atoms with Gasteiger partial charge >= 0.3 is 0 Å². The molecule has 0 bridgehead atoms. The second-order valence-corrected chi connectivity index (χ2v) is 6.42. The number of aryl methyl sites for hydroxylation is 2. The first-order chi connectivity index (χ1) is 9.25. The molecule has 3 nitrogen and oxygen atoms in total. The minimum Gasteiger partial charge on any atom is -0.490 e. The zero-order valence-electron chi connectivity index (χ0n) is 13.7. The molecule has 2 unspecified atom stereocenters. The first-order valence-electron chi connectivity index (χ1n) is 7.38. The maximum absolute atomic E-state index is 9.63. The van der Waals surface area contributed by atoms with Gasteiger partial charge in [0.05, 0.1) is 12.7 Å². The van der Waals surface area contributed by atoms with E-state index in [0.717, 1.165) is 17.7 Å². The molecule has 3 heteroatoms. The summed E-state index contributed by atoms with van der Waals surface area (Å²) in [7, 11) is 0. The molecule has 0 radical (unpaired) electrons. The summed E-state index contributed by atoms with van der Waals surface area (Å²) in [6.45, 7) is 12.5. The Morgan fingerprint density at radius 2 is 1.90 bits per heavy atom. The van der Waals surface area contributed by atoms with Crippen molar-refractivity contribution in [2.24, 2.45) is 0 Å². The summed E-state index contributed by atoms with van der Waals surface area (Å²) in [6.07, 6.45) is 0.800. The summed E-state index contributed by atoms with van der Waals surface area (Å²) in [5.41, 5.74) is 2.03.